The molecule has 3 aromatic rings. The summed E-state index contributed by atoms with van der Waals surface area (Å²) in [6, 6.07) is 11.9. The Hall–Kier alpha value is -1.95. The van der Waals surface area contributed by atoms with Crippen molar-refractivity contribution in [3.63, 3.8) is 0 Å². The Bertz CT molecular complexity index is 888. The van der Waals surface area contributed by atoms with Crippen molar-refractivity contribution in [3.8, 4) is 0 Å². The van der Waals surface area contributed by atoms with Crippen LogP contribution in [0.3, 0.4) is 0 Å². The number of aryl methyl sites for hydroxylation is 1. The lowest BCUT2D eigenvalue weighted by atomic mass is 10.1. The highest BCUT2D eigenvalue weighted by atomic mass is 32.1. The smallest absolute Gasteiger partial charge is 0.197 e. The van der Waals surface area contributed by atoms with Gasteiger partial charge < -0.3 is 16.4 Å². The average Bonchev–Trinajstić information content (AvgIpc) is 2.57. The van der Waals surface area contributed by atoms with Crippen LogP contribution in [0.4, 0.5) is 5.69 Å². The van der Waals surface area contributed by atoms with E-state index in [2.05, 4.69) is 23.6 Å². The molecular formula is C18H21N3OS. The largest absolute Gasteiger partial charge is 0.383 e. The molecule has 0 fully saturated rings. The van der Waals surface area contributed by atoms with Crippen LogP contribution in [-0.2, 0) is 0 Å². The van der Waals surface area contributed by atoms with Crippen molar-refractivity contribution in [2.45, 2.75) is 6.92 Å². The molecule has 4 nitrogen and oxygen atoms in total. The van der Waals surface area contributed by atoms with E-state index in [0.29, 0.717) is 6.54 Å². The fraction of sp³-hybridized carbons (Fsp3) is 0.278. The van der Waals surface area contributed by atoms with Crippen LogP contribution in [0.2, 0.25) is 0 Å². The maximum Gasteiger partial charge on any atom is 0.197 e. The SMILES string of the molecule is Cc1ccc(NCCNCCN)c2c(=O)c3ccccc3sc12. The van der Waals surface area contributed by atoms with Gasteiger partial charge in [-0.25, -0.2) is 0 Å². The molecule has 1 aromatic heterocycles. The fourth-order valence-corrected chi connectivity index (χ4v) is 3.86. The van der Waals surface area contributed by atoms with Crippen LogP contribution in [0.15, 0.2) is 41.2 Å². The Morgan fingerprint density at radius 2 is 1.91 bits per heavy atom. The van der Waals surface area contributed by atoms with Gasteiger partial charge in [0.05, 0.1) is 5.39 Å². The number of anilines is 1. The van der Waals surface area contributed by atoms with Crippen LogP contribution in [0, 0.1) is 6.92 Å². The summed E-state index contributed by atoms with van der Waals surface area (Å²) < 4.78 is 2.10. The third-order valence-electron chi connectivity index (χ3n) is 3.86. The standard InChI is InChI=1S/C18H21N3OS/c1-12-6-7-14(21-11-10-20-9-8-19)16-17(22)13-4-2-3-5-15(13)23-18(12)16/h2-7,20-21H,8-11,19H2,1H3. The monoisotopic (exact) mass is 327 g/mol. The Labute approximate surface area is 139 Å². The van der Waals surface area contributed by atoms with Crippen molar-refractivity contribution in [2.24, 2.45) is 5.73 Å². The molecule has 2 aromatic carbocycles. The molecule has 0 saturated heterocycles. The van der Waals surface area contributed by atoms with Crippen molar-refractivity contribution < 1.29 is 0 Å². The zero-order valence-electron chi connectivity index (χ0n) is 13.2. The molecule has 3 rings (SSSR count). The van der Waals surface area contributed by atoms with E-state index in [0.717, 1.165) is 51.1 Å². The fourth-order valence-electron chi connectivity index (χ4n) is 2.69. The molecular weight excluding hydrogens is 306 g/mol. The maximum absolute atomic E-state index is 12.9. The first-order valence-corrected chi connectivity index (χ1v) is 8.64. The van der Waals surface area contributed by atoms with Gasteiger partial charge in [-0.1, -0.05) is 18.2 Å². The first kappa shape index (κ1) is 15.9. The molecule has 0 atom stereocenters. The zero-order chi connectivity index (χ0) is 16.2. The van der Waals surface area contributed by atoms with E-state index < -0.39 is 0 Å². The first-order valence-electron chi connectivity index (χ1n) is 7.82. The lowest BCUT2D eigenvalue weighted by Crippen LogP contribution is -2.27. The average molecular weight is 327 g/mol. The van der Waals surface area contributed by atoms with Crippen LogP contribution in [-0.4, -0.2) is 26.2 Å². The van der Waals surface area contributed by atoms with Crippen LogP contribution >= 0.6 is 11.3 Å². The normalized spacial score (nSPS) is 11.2. The number of hydrogen-bond donors (Lipinski definition) is 3. The van der Waals surface area contributed by atoms with E-state index in [9.17, 15) is 4.79 Å². The quantitative estimate of drug-likeness (QED) is 0.481. The van der Waals surface area contributed by atoms with Crippen LogP contribution in [0.1, 0.15) is 5.56 Å². The maximum atomic E-state index is 12.9. The number of hydrogen-bond acceptors (Lipinski definition) is 5. The second-order valence-corrected chi connectivity index (χ2v) is 6.58. The minimum Gasteiger partial charge on any atom is -0.383 e. The van der Waals surface area contributed by atoms with E-state index in [4.69, 9.17) is 5.73 Å². The van der Waals surface area contributed by atoms with Crippen LogP contribution in [0.5, 0.6) is 0 Å². The molecule has 23 heavy (non-hydrogen) atoms. The van der Waals surface area contributed by atoms with E-state index in [-0.39, 0.29) is 5.43 Å². The molecule has 0 unspecified atom stereocenters. The van der Waals surface area contributed by atoms with Gasteiger partial charge in [0.15, 0.2) is 5.43 Å². The van der Waals surface area contributed by atoms with Crippen molar-refractivity contribution in [3.05, 3.63) is 52.2 Å². The van der Waals surface area contributed by atoms with Crippen LogP contribution in [0.25, 0.3) is 20.2 Å². The number of benzene rings is 2. The topological polar surface area (TPSA) is 67.2 Å². The third kappa shape index (κ3) is 3.22. The van der Waals surface area contributed by atoms with Crippen molar-refractivity contribution in [1.82, 2.24) is 5.32 Å². The van der Waals surface area contributed by atoms with Crippen LogP contribution < -0.4 is 21.8 Å². The summed E-state index contributed by atoms with van der Waals surface area (Å²) in [7, 11) is 0. The molecule has 0 bridgehead atoms. The van der Waals surface area contributed by atoms with Gasteiger partial charge in [0, 0.05) is 46.7 Å². The third-order valence-corrected chi connectivity index (χ3v) is 5.17. The van der Waals surface area contributed by atoms with Gasteiger partial charge in [0.25, 0.3) is 0 Å². The lowest BCUT2D eigenvalue weighted by Gasteiger charge is -2.12. The summed E-state index contributed by atoms with van der Waals surface area (Å²) in [4.78, 5) is 12.9. The van der Waals surface area contributed by atoms with Gasteiger partial charge in [0.1, 0.15) is 0 Å². The summed E-state index contributed by atoms with van der Waals surface area (Å²) in [5, 5.41) is 8.22. The molecule has 0 saturated carbocycles. The highest BCUT2D eigenvalue weighted by molar-refractivity contribution is 7.24. The Morgan fingerprint density at radius 3 is 2.74 bits per heavy atom. The molecule has 0 aliphatic rings. The number of nitrogens with two attached hydrogens (primary N) is 1. The molecule has 0 aliphatic heterocycles. The molecule has 1 heterocycles. The first-order chi connectivity index (χ1) is 11.2. The number of fused-ring (bicyclic) bond motifs is 2. The molecule has 4 N–H and O–H groups in total. The van der Waals surface area contributed by atoms with E-state index in [1.807, 2.05) is 30.3 Å². The van der Waals surface area contributed by atoms with Gasteiger partial charge in [0.2, 0.25) is 0 Å². The molecule has 120 valence electrons. The minimum atomic E-state index is 0.107. The molecule has 0 aliphatic carbocycles. The minimum absolute atomic E-state index is 0.107. The number of rotatable bonds is 6. The molecule has 0 radical (unpaired) electrons. The lowest BCUT2D eigenvalue weighted by molar-refractivity contribution is 0.707. The molecule has 0 amide bonds. The van der Waals surface area contributed by atoms with Crippen molar-refractivity contribution in [2.75, 3.05) is 31.5 Å². The van der Waals surface area contributed by atoms with E-state index in [1.54, 1.807) is 11.3 Å². The Kier molecular flexibility index (Phi) is 4.91. The molecule has 5 heteroatoms. The van der Waals surface area contributed by atoms with E-state index in [1.165, 1.54) is 0 Å². The second kappa shape index (κ2) is 7.08. The highest BCUT2D eigenvalue weighted by Crippen LogP contribution is 2.31. The summed E-state index contributed by atoms with van der Waals surface area (Å²) in [5.41, 5.74) is 7.62. The van der Waals surface area contributed by atoms with Crippen molar-refractivity contribution in [1.29, 1.82) is 0 Å². The van der Waals surface area contributed by atoms with Crippen molar-refractivity contribution >= 4 is 37.2 Å². The molecule has 0 spiro atoms. The summed E-state index contributed by atoms with van der Waals surface area (Å²) in [6.07, 6.45) is 0. The predicted molar refractivity (Wildman–Crippen MR) is 101 cm³/mol. The second-order valence-electron chi connectivity index (χ2n) is 5.53. The van der Waals surface area contributed by atoms with Gasteiger partial charge in [-0.2, -0.15) is 0 Å². The Balaban J connectivity index is 2.03. The van der Waals surface area contributed by atoms with Gasteiger partial charge in [-0.15, -0.1) is 11.3 Å². The summed E-state index contributed by atoms with van der Waals surface area (Å²) in [6.45, 7) is 5.06. The zero-order valence-corrected chi connectivity index (χ0v) is 14.0. The number of nitrogens with one attached hydrogen (secondary N) is 2. The Morgan fingerprint density at radius 1 is 1.09 bits per heavy atom. The van der Waals surface area contributed by atoms with Gasteiger partial charge in [-0.3, -0.25) is 4.79 Å². The highest BCUT2D eigenvalue weighted by Gasteiger charge is 2.11. The van der Waals surface area contributed by atoms with Gasteiger partial charge >= 0.3 is 0 Å². The predicted octanol–water partition coefficient (Wildman–Crippen LogP) is 2.68. The summed E-state index contributed by atoms with van der Waals surface area (Å²) in [5.74, 6) is 0. The van der Waals surface area contributed by atoms with E-state index >= 15 is 0 Å². The van der Waals surface area contributed by atoms with Gasteiger partial charge in [-0.05, 0) is 30.7 Å². The summed E-state index contributed by atoms with van der Waals surface area (Å²) >= 11 is 1.68.